The number of alkyl halides is 3. The molecular weight excluding hydrogens is 614 g/mol. The molecule has 7 nitrogen and oxygen atoms in total. The normalized spacial score (nSPS) is 12.9. The van der Waals surface area contributed by atoms with Gasteiger partial charge in [0, 0.05) is 17.1 Å². The van der Waals surface area contributed by atoms with E-state index in [9.17, 15) is 31.2 Å². The van der Waals surface area contributed by atoms with Crippen LogP contribution < -0.4 is 9.62 Å². The molecule has 3 aromatic rings. The second-order valence-corrected chi connectivity index (χ2v) is 13.3. The number of nitrogens with one attached hydrogen (secondary N) is 1. The van der Waals surface area contributed by atoms with Crippen molar-refractivity contribution in [1.82, 2.24) is 10.2 Å². The fraction of sp³-hybridized carbons (Fsp3) is 0.310. The van der Waals surface area contributed by atoms with Gasteiger partial charge >= 0.3 is 6.18 Å². The molecule has 226 valence electrons. The Morgan fingerprint density at radius 2 is 1.52 bits per heavy atom. The fourth-order valence-corrected chi connectivity index (χ4v) is 5.80. The van der Waals surface area contributed by atoms with E-state index < -0.39 is 57.4 Å². The highest BCUT2D eigenvalue weighted by molar-refractivity contribution is 7.92. The molecule has 0 spiro atoms. The van der Waals surface area contributed by atoms with Crippen molar-refractivity contribution in [2.24, 2.45) is 0 Å². The van der Waals surface area contributed by atoms with E-state index in [0.717, 1.165) is 11.0 Å². The number of sulfonamides is 1. The first-order chi connectivity index (χ1) is 19.4. The van der Waals surface area contributed by atoms with E-state index in [4.69, 9.17) is 23.2 Å². The maximum atomic E-state index is 13.9. The average molecular weight is 645 g/mol. The number of carbonyl (C=O) groups is 2. The van der Waals surface area contributed by atoms with E-state index in [1.54, 1.807) is 51.1 Å². The van der Waals surface area contributed by atoms with Crippen LogP contribution in [-0.4, -0.2) is 43.3 Å². The van der Waals surface area contributed by atoms with Gasteiger partial charge in [0.1, 0.15) is 12.6 Å². The third kappa shape index (κ3) is 8.39. The Labute approximate surface area is 253 Å². The minimum Gasteiger partial charge on any atom is -0.350 e. The lowest BCUT2D eigenvalue weighted by molar-refractivity contribution is -0.140. The molecule has 3 aromatic carbocycles. The minimum atomic E-state index is -4.81. The largest absolute Gasteiger partial charge is 0.416 e. The Hall–Kier alpha value is -3.28. The van der Waals surface area contributed by atoms with Crippen LogP contribution in [0.1, 0.15) is 38.8 Å². The van der Waals surface area contributed by atoms with Crippen molar-refractivity contribution in [3.05, 3.63) is 94.0 Å². The number of carbonyl (C=O) groups excluding carboxylic acids is 2. The van der Waals surface area contributed by atoms with E-state index in [0.29, 0.717) is 27.0 Å². The van der Waals surface area contributed by atoms with Gasteiger partial charge in [0.2, 0.25) is 11.8 Å². The molecular formula is C29H30Cl2F3N3O4S. The van der Waals surface area contributed by atoms with Gasteiger partial charge in [0.25, 0.3) is 10.0 Å². The van der Waals surface area contributed by atoms with Gasteiger partial charge in [-0.15, -0.1) is 0 Å². The second kappa shape index (κ2) is 12.9. The van der Waals surface area contributed by atoms with E-state index in [1.165, 1.54) is 31.2 Å². The lowest BCUT2D eigenvalue weighted by Crippen LogP contribution is -2.54. The zero-order chi connectivity index (χ0) is 31.5. The van der Waals surface area contributed by atoms with Crippen LogP contribution in [-0.2, 0) is 32.3 Å². The molecule has 42 heavy (non-hydrogen) atoms. The summed E-state index contributed by atoms with van der Waals surface area (Å²) >= 11 is 12.2. The standard InChI is InChI=1S/C29H30Cl2F3N3O4S/c1-19(27(39)35-28(2,3)4)36(17-20-10-13-22(30)14-11-20)26(38)18-37(42(40,41)23-8-6-5-7-9-23)25-16-21(29(32,33)34)12-15-24(25)31/h5-16,19H,17-18H2,1-4H3,(H,35,39). The average Bonchev–Trinajstić information content (AvgIpc) is 2.90. The van der Waals surface area contributed by atoms with Gasteiger partial charge in [0.05, 0.1) is 21.2 Å². The fourth-order valence-electron chi connectivity index (χ4n) is 3.96. The molecule has 2 amide bonds. The molecule has 0 saturated carbocycles. The summed E-state index contributed by atoms with van der Waals surface area (Å²) in [5.74, 6) is -1.37. The molecule has 0 aliphatic carbocycles. The predicted octanol–water partition coefficient (Wildman–Crippen LogP) is 6.54. The molecule has 0 aromatic heterocycles. The van der Waals surface area contributed by atoms with Crippen LogP contribution in [0.25, 0.3) is 0 Å². The molecule has 0 fully saturated rings. The van der Waals surface area contributed by atoms with Gasteiger partial charge in [-0.2, -0.15) is 13.2 Å². The van der Waals surface area contributed by atoms with Crippen LogP contribution in [0.3, 0.4) is 0 Å². The number of hydrogen-bond acceptors (Lipinski definition) is 4. The van der Waals surface area contributed by atoms with Crippen LogP contribution in [0.2, 0.25) is 10.0 Å². The van der Waals surface area contributed by atoms with Crippen molar-refractivity contribution in [3.63, 3.8) is 0 Å². The first kappa shape index (κ1) is 33.2. The van der Waals surface area contributed by atoms with Gasteiger partial charge in [-0.3, -0.25) is 13.9 Å². The van der Waals surface area contributed by atoms with E-state index in [1.807, 2.05) is 0 Å². The summed E-state index contributed by atoms with van der Waals surface area (Å²) in [7, 11) is -4.60. The smallest absolute Gasteiger partial charge is 0.350 e. The molecule has 1 atom stereocenters. The molecule has 1 N–H and O–H groups in total. The number of hydrogen-bond donors (Lipinski definition) is 1. The van der Waals surface area contributed by atoms with E-state index >= 15 is 0 Å². The van der Waals surface area contributed by atoms with Crippen molar-refractivity contribution in [2.75, 3.05) is 10.8 Å². The first-order valence-electron chi connectivity index (χ1n) is 12.7. The Balaban J connectivity index is 2.13. The Bertz CT molecular complexity index is 1530. The molecule has 0 saturated heterocycles. The zero-order valence-electron chi connectivity index (χ0n) is 23.2. The molecule has 13 heteroatoms. The number of anilines is 1. The highest BCUT2D eigenvalue weighted by Gasteiger charge is 2.36. The summed E-state index contributed by atoms with van der Waals surface area (Å²) in [6, 6.07) is 14.5. The predicted molar refractivity (Wildman–Crippen MR) is 157 cm³/mol. The lowest BCUT2D eigenvalue weighted by Gasteiger charge is -2.33. The van der Waals surface area contributed by atoms with Crippen molar-refractivity contribution in [3.8, 4) is 0 Å². The first-order valence-corrected chi connectivity index (χ1v) is 14.9. The number of benzene rings is 3. The van der Waals surface area contributed by atoms with Gasteiger partial charge in [-0.1, -0.05) is 53.5 Å². The Morgan fingerprint density at radius 1 is 0.929 bits per heavy atom. The highest BCUT2D eigenvalue weighted by atomic mass is 35.5. The van der Waals surface area contributed by atoms with Crippen LogP contribution in [0.4, 0.5) is 18.9 Å². The van der Waals surface area contributed by atoms with E-state index in [2.05, 4.69) is 5.32 Å². The number of halogens is 5. The minimum absolute atomic E-state index is 0.121. The summed E-state index contributed by atoms with van der Waals surface area (Å²) in [6.07, 6.45) is -4.81. The topological polar surface area (TPSA) is 86.8 Å². The Kier molecular flexibility index (Phi) is 10.2. The van der Waals surface area contributed by atoms with Crippen LogP contribution in [0, 0.1) is 0 Å². The molecule has 0 bridgehead atoms. The van der Waals surface area contributed by atoms with Crippen LogP contribution in [0.15, 0.2) is 77.7 Å². The molecule has 3 rings (SSSR count). The maximum Gasteiger partial charge on any atom is 0.416 e. The lowest BCUT2D eigenvalue weighted by atomic mass is 10.1. The van der Waals surface area contributed by atoms with Gasteiger partial charge in [0.15, 0.2) is 0 Å². The molecule has 0 heterocycles. The summed E-state index contributed by atoms with van der Waals surface area (Å²) in [5, 5.41) is 2.91. The van der Waals surface area contributed by atoms with Crippen molar-refractivity contribution < 1.29 is 31.2 Å². The third-order valence-electron chi connectivity index (χ3n) is 6.08. The molecule has 0 aliphatic heterocycles. The monoisotopic (exact) mass is 643 g/mol. The van der Waals surface area contributed by atoms with E-state index in [-0.39, 0.29) is 16.5 Å². The van der Waals surface area contributed by atoms with Crippen LogP contribution >= 0.6 is 23.2 Å². The number of rotatable bonds is 9. The van der Waals surface area contributed by atoms with Gasteiger partial charge < -0.3 is 10.2 Å². The number of amides is 2. The third-order valence-corrected chi connectivity index (χ3v) is 8.43. The summed E-state index contributed by atoms with van der Waals surface area (Å²) in [6.45, 7) is 5.68. The molecule has 1 unspecified atom stereocenters. The van der Waals surface area contributed by atoms with Crippen LogP contribution in [0.5, 0.6) is 0 Å². The SMILES string of the molecule is CC(C(=O)NC(C)(C)C)N(Cc1ccc(Cl)cc1)C(=O)CN(c1cc(C(F)(F)F)ccc1Cl)S(=O)(=O)c1ccccc1. The summed E-state index contributed by atoms with van der Waals surface area (Å²) in [4.78, 5) is 27.9. The van der Waals surface area contributed by atoms with Gasteiger partial charge in [-0.25, -0.2) is 8.42 Å². The second-order valence-electron chi connectivity index (χ2n) is 10.6. The highest BCUT2D eigenvalue weighted by Crippen LogP contribution is 2.37. The number of nitrogens with zero attached hydrogens (tertiary/aromatic N) is 2. The summed E-state index contributed by atoms with van der Waals surface area (Å²) < 4.78 is 69.1. The molecule has 0 radical (unpaired) electrons. The van der Waals surface area contributed by atoms with Crippen molar-refractivity contribution in [2.45, 2.75) is 56.9 Å². The van der Waals surface area contributed by atoms with Crippen molar-refractivity contribution in [1.29, 1.82) is 0 Å². The maximum absolute atomic E-state index is 13.9. The van der Waals surface area contributed by atoms with Gasteiger partial charge in [-0.05, 0) is 75.7 Å². The molecule has 0 aliphatic rings. The zero-order valence-corrected chi connectivity index (χ0v) is 25.6. The van der Waals surface area contributed by atoms with Crippen molar-refractivity contribution >= 4 is 50.7 Å². The quantitative estimate of drug-likeness (QED) is 0.287. The summed E-state index contributed by atoms with van der Waals surface area (Å²) in [5.41, 5.74) is -1.76. The Morgan fingerprint density at radius 3 is 2.07 bits per heavy atom.